The molecular formula is C22H32FN3O6S. The van der Waals surface area contributed by atoms with Gasteiger partial charge in [0.2, 0.25) is 0 Å². The Morgan fingerprint density at radius 2 is 1.82 bits per heavy atom. The first-order valence-corrected chi connectivity index (χ1v) is 12.8. The number of hydrogen-bond donors (Lipinski definition) is 4. The Hall–Kier alpha value is -2.34. The van der Waals surface area contributed by atoms with Gasteiger partial charge in [-0.1, -0.05) is 0 Å². The van der Waals surface area contributed by atoms with Crippen molar-refractivity contribution < 1.29 is 32.9 Å². The van der Waals surface area contributed by atoms with Crippen molar-refractivity contribution in [2.45, 2.75) is 64.3 Å². The summed E-state index contributed by atoms with van der Waals surface area (Å²) >= 11 is 0. The van der Waals surface area contributed by atoms with Crippen LogP contribution in [0.15, 0.2) is 24.3 Å². The lowest BCUT2D eigenvalue weighted by Crippen LogP contribution is -2.24. The molecule has 11 heteroatoms. The lowest BCUT2D eigenvalue weighted by molar-refractivity contribution is -0.139. The Morgan fingerprint density at radius 1 is 1.18 bits per heavy atom. The Kier molecular flexibility index (Phi) is 9.53. The van der Waals surface area contributed by atoms with Crippen molar-refractivity contribution in [2.75, 3.05) is 12.1 Å². The molecule has 0 spiro atoms. The number of benzene rings is 1. The molecule has 0 amide bonds. The van der Waals surface area contributed by atoms with Crippen molar-refractivity contribution in [1.82, 2.24) is 14.9 Å². The second-order valence-electron chi connectivity index (χ2n) is 8.47. The van der Waals surface area contributed by atoms with Gasteiger partial charge >= 0.3 is 5.97 Å². The number of carboxylic acids is 1. The summed E-state index contributed by atoms with van der Waals surface area (Å²) in [7, 11) is -3.22. The van der Waals surface area contributed by atoms with Crippen LogP contribution in [0.4, 0.5) is 4.39 Å². The van der Waals surface area contributed by atoms with Gasteiger partial charge in [-0.05, 0) is 57.4 Å². The Labute approximate surface area is 193 Å². The van der Waals surface area contributed by atoms with Crippen LogP contribution in [0.1, 0.15) is 50.7 Å². The molecule has 1 aromatic heterocycles. The number of aliphatic carboxylic acids is 1. The minimum atomic E-state index is -3.22. The van der Waals surface area contributed by atoms with Crippen molar-refractivity contribution in [1.29, 1.82) is 0 Å². The molecule has 0 saturated heterocycles. The summed E-state index contributed by atoms with van der Waals surface area (Å²) in [5, 5.41) is 31.8. The van der Waals surface area contributed by atoms with Gasteiger partial charge in [0.15, 0.2) is 9.84 Å². The molecule has 33 heavy (non-hydrogen) atoms. The number of carboxylic acid groups (broad SMARTS) is 1. The molecule has 0 aliphatic carbocycles. The van der Waals surface area contributed by atoms with Crippen molar-refractivity contribution >= 4 is 15.8 Å². The van der Waals surface area contributed by atoms with E-state index in [9.17, 15) is 27.8 Å². The lowest BCUT2D eigenvalue weighted by Gasteiger charge is -2.19. The molecule has 2 aromatic rings. The van der Waals surface area contributed by atoms with Crippen LogP contribution in [0.2, 0.25) is 0 Å². The molecule has 1 heterocycles. The Balaban J connectivity index is 2.33. The van der Waals surface area contributed by atoms with Crippen LogP contribution in [-0.2, 0) is 27.6 Å². The fraction of sp³-hybridized carbons (Fsp3) is 0.545. The number of halogens is 1. The average molecular weight is 486 g/mol. The Morgan fingerprint density at radius 3 is 2.36 bits per heavy atom. The lowest BCUT2D eigenvalue weighted by atomic mass is 10.0. The van der Waals surface area contributed by atoms with Crippen LogP contribution < -0.4 is 5.32 Å². The third kappa shape index (κ3) is 8.50. The van der Waals surface area contributed by atoms with Crippen molar-refractivity contribution in [2.24, 2.45) is 0 Å². The number of aliphatic hydroxyl groups is 2. The van der Waals surface area contributed by atoms with E-state index in [0.29, 0.717) is 23.5 Å². The highest BCUT2D eigenvalue weighted by Gasteiger charge is 2.22. The summed E-state index contributed by atoms with van der Waals surface area (Å²) in [5.74, 6) is -1.14. The van der Waals surface area contributed by atoms with Gasteiger partial charge in [-0.25, -0.2) is 17.8 Å². The predicted molar refractivity (Wildman–Crippen MR) is 122 cm³/mol. The topological polar surface area (TPSA) is 142 Å². The number of carbonyl (C=O) groups is 1. The molecule has 1 aromatic carbocycles. The van der Waals surface area contributed by atoms with E-state index in [0.717, 1.165) is 11.9 Å². The van der Waals surface area contributed by atoms with Crippen LogP contribution in [0.5, 0.6) is 0 Å². The molecule has 0 unspecified atom stereocenters. The molecule has 0 saturated carbocycles. The molecule has 0 aliphatic heterocycles. The number of rotatable bonds is 13. The second-order valence-corrected chi connectivity index (χ2v) is 10.6. The maximum Gasteiger partial charge on any atom is 0.305 e. The maximum atomic E-state index is 13.5. The molecule has 0 bridgehead atoms. The number of aromatic nitrogens is 2. The number of imidazole rings is 1. The first-order valence-electron chi connectivity index (χ1n) is 10.7. The van der Waals surface area contributed by atoms with Crippen molar-refractivity contribution in [3.05, 3.63) is 41.6 Å². The van der Waals surface area contributed by atoms with Gasteiger partial charge in [0.05, 0.1) is 36.7 Å². The second kappa shape index (κ2) is 11.7. The summed E-state index contributed by atoms with van der Waals surface area (Å²) in [6.45, 7) is 4.10. The minimum Gasteiger partial charge on any atom is -0.481 e. The number of hydrogen-bond acceptors (Lipinski definition) is 7. The van der Waals surface area contributed by atoms with E-state index in [1.54, 1.807) is 12.1 Å². The van der Waals surface area contributed by atoms with Gasteiger partial charge in [-0.3, -0.25) is 10.1 Å². The zero-order valence-electron chi connectivity index (χ0n) is 19.0. The summed E-state index contributed by atoms with van der Waals surface area (Å²) in [5.41, 5.74) is 2.05. The van der Waals surface area contributed by atoms with E-state index in [2.05, 4.69) is 5.32 Å². The van der Waals surface area contributed by atoms with Crippen LogP contribution in [-0.4, -0.2) is 63.6 Å². The van der Waals surface area contributed by atoms with E-state index in [1.807, 2.05) is 18.4 Å². The normalized spacial score (nSPS) is 13.9. The monoisotopic (exact) mass is 485 g/mol. The number of sulfone groups is 1. The van der Waals surface area contributed by atoms with Gasteiger partial charge in [0, 0.05) is 23.6 Å². The SMILES string of the molecule is CC(C)n1c(CNCS(C)(=O)=O)nc(-c2ccc(F)cc2)c1CC[C@@H](O)C[C@@H](O)CC(=O)O. The van der Waals surface area contributed by atoms with E-state index in [1.165, 1.54) is 12.1 Å². The molecule has 0 fully saturated rings. The zero-order valence-corrected chi connectivity index (χ0v) is 19.8. The average Bonchev–Trinajstić information content (AvgIpc) is 3.03. The molecule has 2 rings (SSSR count). The first kappa shape index (κ1) is 26.9. The van der Waals surface area contributed by atoms with E-state index < -0.39 is 34.4 Å². The summed E-state index contributed by atoms with van der Waals surface area (Å²) in [4.78, 5) is 15.4. The third-order valence-corrected chi connectivity index (χ3v) is 5.76. The molecule has 9 nitrogen and oxygen atoms in total. The highest BCUT2D eigenvalue weighted by atomic mass is 32.2. The van der Waals surface area contributed by atoms with Crippen molar-refractivity contribution in [3.8, 4) is 11.3 Å². The van der Waals surface area contributed by atoms with Gasteiger partial charge < -0.3 is 19.9 Å². The van der Waals surface area contributed by atoms with E-state index in [4.69, 9.17) is 10.1 Å². The molecule has 0 aliphatic rings. The summed E-state index contributed by atoms with van der Waals surface area (Å²) < 4.78 is 38.4. The summed E-state index contributed by atoms with van der Waals surface area (Å²) in [6, 6.07) is 5.82. The first-order chi connectivity index (χ1) is 15.4. The minimum absolute atomic E-state index is 0.0357. The van der Waals surface area contributed by atoms with Crippen LogP contribution >= 0.6 is 0 Å². The number of nitrogens with zero attached hydrogens (tertiary/aromatic N) is 2. The van der Waals surface area contributed by atoms with Gasteiger partial charge in [0.1, 0.15) is 11.6 Å². The fourth-order valence-corrected chi connectivity index (χ4v) is 4.17. The fourth-order valence-electron chi connectivity index (χ4n) is 3.70. The highest BCUT2D eigenvalue weighted by molar-refractivity contribution is 7.90. The standard InChI is InChI=1S/C22H32FN3O6S/c1-14(2)26-19(9-8-17(27)10-18(28)11-21(29)30)22(15-4-6-16(23)7-5-15)25-20(26)12-24-13-33(3,31)32/h4-7,14,17-18,24,27-28H,8-13H2,1-3H3,(H,29,30)/t17-,18-/m1/s1. The largest absolute Gasteiger partial charge is 0.481 e. The maximum absolute atomic E-state index is 13.5. The number of nitrogens with one attached hydrogen (secondary N) is 1. The Bertz CT molecular complexity index is 1040. The smallest absolute Gasteiger partial charge is 0.305 e. The molecular weight excluding hydrogens is 453 g/mol. The molecule has 2 atom stereocenters. The summed E-state index contributed by atoms with van der Waals surface area (Å²) in [6.07, 6.45) is -0.855. The number of aliphatic hydroxyl groups excluding tert-OH is 2. The molecule has 184 valence electrons. The predicted octanol–water partition coefficient (Wildman–Crippen LogP) is 1.88. The zero-order chi connectivity index (χ0) is 24.8. The molecule has 4 N–H and O–H groups in total. The molecule has 0 radical (unpaired) electrons. The van der Waals surface area contributed by atoms with E-state index in [-0.39, 0.29) is 37.1 Å². The van der Waals surface area contributed by atoms with Crippen LogP contribution in [0, 0.1) is 5.82 Å². The van der Waals surface area contributed by atoms with Crippen molar-refractivity contribution in [3.63, 3.8) is 0 Å². The third-order valence-electron chi connectivity index (χ3n) is 5.03. The van der Waals surface area contributed by atoms with Gasteiger partial charge in [0.25, 0.3) is 0 Å². The van der Waals surface area contributed by atoms with Gasteiger partial charge in [-0.2, -0.15) is 0 Å². The van der Waals surface area contributed by atoms with E-state index >= 15 is 0 Å². The van der Waals surface area contributed by atoms with Crippen LogP contribution in [0.3, 0.4) is 0 Å². The van der Waals surface area contributed by atoms with Crippen LogP contribution in [0.25, 0.3) is 11.3 Å². The quantitative estimate of drug-likeness (QED) is 0.337. The highest BCUT2D eigenvalue weighted by Crippen LogP contribution is 2.29. The van der Waals surface area contributed by atoms with Gasteiger partial charge in [-0.15, -0.1) is 0 Å².